The summed E-state index contributed by atoms with van der Waals surface area (Å²) in [5.41, 5.74) is 7.44. The largest absolute Gasteiger partial charge is 0.496 e. The average molecular weight is 233 g/mol. The van der Waals surface area contributed by atoms with Crippen LogP contribution in [0.5, 0.6) is 5.75 Å². The number of nitrogens with zero attached hydrogens (tertiary/aromatic N) is 2. The molecule has 0 aliphatic rings. The minimum Gasteiger partial charge on any atom is -0.496 e. The Balaban J connectivity index is 2.50. The van der Waals surface area contributed by atoms with Crippen molar-refractivity contribution in [2.45, 2.75) is 19.9 Å². The van der Waals surface area contributed by atoms with E-state index in [-0.39, 0.29) is 6.54 Å². The zero-order valence-corrected chi connectivity index (χ0v) is 9.93. The van der Waals surface area contributed by atoms with Gasteiger partial charge in [0.25, 0.3) is 0 Å². The zero-order chi connectivity index (χ0) is 12.3. The Kier molecular flexibility index (Phi) is 3.39. The first-order valence-corrected chi connectivity index (χ1v) is 5.49. The molecule has 2 N–H and O–H groups in total. The van der Waals surface area contributed by atoms with E-state index in [0.29, 0.717) is 11.7 Å². The van der Waals surface area contributed by atoms with Crippen LogP contribution in [-0.4, -0.2) is 17.3 Å². The van der Waals surface area contributed by atoms with Gasteiger partial charge in [-0.3, -0.25) is 0 Å². The summed E-state index contributed by atoms with van der Waals surface area (Å²) < 4.78 is 10.3. The van der Waals surface area contributed by atoms with E-state index < -0.39 is 0 Å². The standard InChI is InChI=1S/C12H15N3O2/c1-3-8-9(5-4-6-10(8)16-2)12-14-11(7-13)17-15-12/h4-6H,3,7,13H2,1-2H3. The van der Waals surface area contributed by atoms with E-state index in [1.807, 2.05) is 18.2 Å². The second-order valence-corrected chi connectivity index (χ2v) is 3.56. The summed E-state index contributed by atoms with van der Waals surface area (Å²) in [7, 11) is 1.65. The van der Waals surface area contributed by atoms with Gasteiger partial charge >= 0.3 is 0 Å². The number of benzene rings is 1. The Labute approximate surface area is 99.6 Å². The number of methoxy groups -OCH3 is 1. The topological polar surface area (TPSA) is 74.2 Å². The minimum absolute atomic E-state index is 0.248. The highest BCUT2D eigenvalue weighted by atomic mass is 16.5. The lowest BCUT2D eigenvalue weighted by atomic mass is 10.0. The van der Waals surface area contributed by atoms with E-state index in [1.165, 1.54) is 0 Å². The van der Waals surface area contributed by atoms with Crippen LogP contribution in [0, 0.1) is 0 Å². The molecule has 0 radical (unpaired) electrons. The number of hydrogen-bond acceptors (Lipinski definition) is 5. The Bertz CT molecular complexity index is 508. The third kappa shape index (κ3) is 2.14. The highest BCUT2D eigenvalue weighted by Crippen LogP contribution is 2.29. The van der Waals surface area contributed by atoms with Gasteiger partial charge in [0.2, 0.25) is 11.7 Å². The van der Waals surface area contributed by atoms with Crippen molar-refractivity contribution < 1.29 is 9.26 Å². The van der Waals surface area contributed by atoms with Crippen molar-refractivity contribution >= 4 is 0 Å². The van der Waals surface area contributed by atoms with E-state index >= 15 is 0 Å². The predicted molar refractivity (Wildman–Crippen MR) is 63.6 cm³/mol. The van der Waals surface area contributed by atoms with Gasteiger partial charge in [-0.1, -0.05) is 24.2 Å². The summed E-state index contributed by atoms with van der Waals surface area (Å²) >= 11 is 0. The van der Waals surface area contributed by atoms with Gasteiger partial charge in [0.05, 0.1) is 13.7 Å². The van der Waals surface area contributed by atoms with Crippen molar-refractivity contribution in [3.63, 3.8) is 0 Å². The Hall–Kier alpha value is -1.88. The Morgan fingerprint density at radius 3 is 2.82 bits per heavy atom. The second kappa shape index (κ2) is 4.97. The fraction of sp³-hybridized carbons (Fsp3) is 0.333. The van der Waals surface area contributed by atoms with Crippen LogP contribution >= 0.6 is 0 Å². The molecule has 0 atom stereocenters. The third-order valence-electron chi connectivity index (χ3n) is 2.59. The first kappa shape index (κ1) is 11.6. The summed E-state index contributed by atoms with van der Waals surface area (Å²) in [6.07, 6.45) is 0.839. The lowest BCUT2D eigenvalue weighted by molar-refractivity contribution is 0.380. The lowest BCUT2D eigenvalue weighted by Gasteiger charge is -2.09. The fourth-order valence-electron chi connectivity index (χ4n) is 1.78. The van der Waals surface area contributed by atoms with Crippen LogP contribution < -0.4 is 10.5 Å². The van der Waals surface area contributed by atoms with Crippen molar-refractivity contribution in [2.24, 2.45) is 5.73 Å². The quantitative estimate of drug-likeness (QED) is 0.871. The number of aromatic nitrogens is 2. The molecule has 5 heteroatoms. The van der Waals surface area contributed by atoms with Gasteiger partial charge in [-0.25, -0.2) is 0 Å². The number of ether oxygens (including phenoxy) is 1. The smallest absolute Gasteiger partial charge is 0.240 e. The summed E-state index contributed by atoms with van der Waals surface area (Å²) in [6.45, 7) is 2.31. The SMILES string of the molecule is CCc1c(OC)cccc1-c1noc(CN)n1. The summed E-state index contributed by atoms with van der Waals surface area (Å²) in [6, 6.07) is 5.78. The van der Waals surface area contributed by atoms with Crippen molar-refractivity contribution in [3.8, 4) is 17.1 Å². The van der Waals surface area contributed by atoms with Gasteiger partial charge in [0.1, 0.15) is 5.75 Å². The molecule has 2 rings (SSSR count). The molecule has 1 heterocycles. The van der Waals surface area contributed by atoms with E-state index in [0.717, 1.165) is 23.3 Å². The van der Waals surface area contributed by atoms with Crippen LogP contribution in [-0.2, 0) is 13.0 Å². The minimum atomic E-state index is 0.248. The fourth-order valence-corrected chi connectivity index (χ4v) is 1.78. The van der Waals surface area contributed by atoms with Crippen LogP contribution in [0.2, 0.25) is 0 Å². The summed E-state index contributed by atoms with van der Waals surface area (Å²) in [5.74, 6) is 1.83. The molecule has 0 saturated carbocycles. The Morgan fingerprint density at radius 1 is 1.41 bits per heavy atom. The molecule has 0 unspecified atom stereocenters. The first-order valence-electron chi connectivity index (χ1n) is 5.49. The highest BCUT2D eigenvalue weighted by Gasteiger charge is 2.14. The molecule has 0 aliphatic carbocycles. The highest BCUT2D eigenvalue weighted by molar-refractivity contribution is 5.63. The van der Waals surface area contributed by atoms with Crippen molar-refractivity contribution in [1.82, 2.24) is 10.1 Å². The van der Waals surface area contributed by atoms with E-state index in [4.69, 9.17) is 15.0 Å². The molecule has 5 nitrogen and oxygen atoms in total. The number of hydrogen-bond donors (Lipinski definition) is 1. The molecule has 0 amide bonds. The van der Waals surface area contributed by atoms with Crippen LogP contribution in [0.1, 0.15) is 18.4 Å². The second-order valence-electron chi connectivity index (χ2n) is 3.56. The number of rotatable bonds is 4. The monoisotopic (exact) mass is 233 g/mol. The first-order chi connectivity index (χ1) is 8.30. The molecule has 0 fully saturated rings. The molecule has 1 aromatic heterocycles. The van der Waals surface area contributed by atoms with E-state index in [1.54, 1.807) is 7.11 Å². The van der Waals surface area contributed by atoms with Gasteiger partial charge in [-0.05, 0) is 12.5 Å². The predicted octanol–water partition coefficient (Wildman–Crippen LogP) is 1.77. The van der Waals surface area contributed by atoms with Crippen LogP contribution in [0.15, 0.2) is 22.7 Å². The molecular formula is C12H15N3O2. The molecule has 0 bridgehead atoms. The molecule has 0 spiro atoms. The normalized spacial score (nSPS) is 10.5. The average Bonchev–Trinajstić information content (AvgIpc) is 2.86. The molecular weight excluding hydrogens is 218 g/mol. The molecule has 90 valence electrons. The van der Waals surface area contributed by atoms with Crippen LogP contribution in [0.25, 0.3) is 11.4 Å². The maximum absolute atomic E-state index is 5.45. The molecule has 2 aromatic rings. The maximum atomic E-state index is 5.45. The van der Waals surface area contributed by atoms with Gasteiger partial charge in [-0.2, -0.15) is 4.98 Å². The van der Waals surface area contributed by atoms with Gasteiger partial charge in [0.15, 0.2) is 0 Å². The zero-order valence-electron chi connectivity index (χ0n) is 9.93. The van der Waals surface area contributed by atoms with E-state index in [9.17, 15) is 0 Å². The van der Waals surface area contributed by atoms with Crippen molar-refractivity contribution in [1.29, 1.82) is 0 Å². The third-order valence-corrected chi connectivity index (χ3v) is 2.59. The van der Waals surface area contributed by atoms with Gasteiger partial charge in [0, 0.05) is 11.1 Å². The molecule has 0 saturated heterocycles. The lowest BCUT2D eigenvalue weighted by Crippen LogP contribution is -1.97. The van der Waals surface area contributed by atoms with Crippen LogP contribution in [0.4, 0.5) is 0 Å². The Morgan fingerprint density at radius 2 is 2.24 bits per heavy atom. The van der Waals surface area contributed by atoms with E-state index in [2.05, 4.69) is 17.1 Å². The maximum Gasteiger partial charge on any atom is 0.240 e. The molecule has 17 heavy (non-hydrogen) atoms. The summed E-state index contributed by atoms with van der Waals surface area (Å²) in [4.78, 5) is 4.22. The van der Waals surface area contributed by atoms with Gasteiger partial charge < -0.3 is 15.0 Å². The number of nitrogens with two attached hydrogens (primary N) is 1. The van der Waals surface area contributed by atoms with Crippen molar-refractivity contribution in [2.75, 3.05) is 7.11 Å². The molecule has 0 aliphatic heterocycles. The van der Waals surface area contributed by atoms with Crippen LogP contribution in [0.3, 0.4) is 0 Å². The van der Waals surface area contributed by atoms with Gasteiger partial charge in [-0.15, -0.1) is 0 Å². The molecule has 1 aromatic carbocycles. The van der Waals surface area contributed by atoms with Crippen molar-refractivity contribution in [3.05, 3.63) is 29.7 Å². The summed E-state index contributed by atoms with van der Waals surface area (Å²) in [5, 5.41) is 3.92.